The van der Waals surface area contributed by atoms with E-state index in [-0.39, 0.29) is 16.2 Å². The Labute approximate surface area is 151 Å². The van der Waals surface area contributed by atoms with Crippen molar-refractivity contribution in [2.24, 2.45) is 0 Å². The van der Waals surface area contributed by atoms with Crippen LogP contribution in [0.2, 0.25) is 10.0 Å². The maximum atomic E-state index is 12.2. The van der Waals surface area contributed by atoms with Crippen molar-refractivity contribution >= 4 is 46.6 Å². The lowest BCUT2D eigenvalue weighted by Crippen LogP contribution is -2.13. The quantitative estimate of drug-likeness (QED) is 0.359. The van der Waals surface area contributed by atoms with Crippen molar-refractivity contribution in [1.29, 1.82) is 5.26 Å². The number of halogens is 2. The Morgan fingerprint density at radius 2 is 1.96 bits per heavy atom. The number of anilines is 1. The summed E-state index contributed by atoms with van der Waals surface area (Å²) in [5.74, 6) is -1.24. The van der Waals surface area contributed by atoms with Gasteiger partial charge in [0, 0.05) is 11.8 Å². The second kappa shape index (κ2) is 7.66. The average Bonchev–Trinajstić information content (AvgIpc) is 2.57. The maximum absolute atomic E-state index is 12.2. The Kier molecular flexibility index (Phi) is 5.60. The van der Waals surface area contributed by atoms with Crippen molar-refractivity contribution in [3.05, 3.63) is 67.7 Å². The number of amides is 1. The van der Waals surface area contributed by atoms with E-state index < -0.39 is 22.3 Å². The smallest absolute Gasteiger partial charge is 0.311 e. The van der Waals surface area contributed by atoms with E-state index in [0.717, 1.165) is 12.1 Å². The molecule has 0 aliphatic heterocycles. The summed E-state index contributed by atoms with van der Waals surface area (Å²) in [5, 5.41) is 32.4. The van der Waals surface area contributed by atoms with E-state index in [1.807, 2.05) is 0 Å². The summed E-state index contributed by atoms with van der Waals surface area (Å²) < 4.78 is 0. The van der Waals surface area contributed by atoms with Gasteiger partial charge in [0.25, 0.3) is 5.91 Å². The molecule has 0 heterocycles. The van der Waals surface area contributed by atoms with Crippen LogP contribution in [0.5, 0.6) is 5.75 Å². The average molecular weight is 378 g/mol. The molecule has 0 saturated heterocycles. The van der Waals surface area contributed by atoms with Crippen LogP contribution in [0, 0.1) is 21.4 Å². The van der Waals surface area contributed by atoms with Gasteiger partial charge in [-0.1, -0.05) is 29.3 Å². The number of carbonyl (C=O) groups excluding carboxylic acids is 1. The van der Waals surface area contributed by atoms with Gasteiger partial charge in [-0.3, -0.25) is 14.9 Å². The number of phenols is 1. The van der Waals surface area contributed by atoms with E-state index in [0.29, 0.717) is 10.7 Å². The molecule has 0 radical (unpaired) electrons. The van der Waals surface area contributed by atoms with Crippen LogP contribution in [0.1, 0.15) is 5.56 Å². The Hall–Kier alpha value is -3.08. The monoisotopic (exact) mass is 377 g/mol. The van der Waals surface area contributed by atoms with Crippen LogP contribution >= 0.6 is 23.2 Å². The zero-order chi connectivity index (χ0) is 18.6. The summed E-state index contributed by atoms with van der Waals surface area (Å²) >= 11 is 11.6. The van der Waals surface area contributed by atoms with E-state index in [9.17, 15) is 20.0 Å². The van der Waals surface area contributed by atoms with E-state index in [1.54, 1.807) is 6.07 Å². The van der Waals surface area contributed by atoms with Crippen LogP contribution in [-0.4, -0.2) is 15.9 Å². The summed E-state index contributed by atoms with van der Waals surface area (Å²) in [4.78, 5) is 22.2. The van der Waals surface area contributed by atoms with Crippen molar-refractivity contribution in [3.63, 3.8) is 0 Å². The number of carbonyl (C=O) groups is 1. The molecule has 7 nitrogen and oxygen atoms in total. The number of nitro benzene ring substituents is 1. The largest absolute Gasteiger partial charge is 0.502 e. The second-order valence-electron chi connectivity index (χ2n) is 4.76. The van der Waals surface area contributed by atoms with Gasteiger partial charge in [0.15, 0.2) is 5.75 Å². The van der Waals surface area contributed by atoms with Gasteiger partial charge >= 0.3 is 5.69 Å². The third-order valence-electron chi connectivity index (χ3n) is 3.05. The molecular weight excluding hydrogens is 369 g/mol. The van der Waals surface area contributed by atoms with Gasteiger partial charge in [-0.15, -0.1) is 0 Å². The lowest BCUT2D eigenvalue weighted by Gasteiger charge is -2.06. The molecule has 126 valence electrons. The van der Waals surface area contributed by atoms with Crippen LogP contribution in [0.4, 0.5) is 11.4 Å². The molecule has 0 atom stereocenters. The van der Waals surface area contributed by atoms with Crippen molar-refractivity contribution in [2.45, 2.75) is 0 Å². The number of rotatable bonds is 4. The Morgan fingerprint density at radius 1 is 1.24 bits per heavy atom. The minimum absolute atomic E-state index is 0.213. The lowest BCUT2D eigenvalue weighted by molar-refractivity contribution is -0.385. The lowest BCUT2D eigenvalue weighted by atomic mass is 10.1. The number of hydrogen-bond acceptors (Lipinski definition) is 5. The summed E-state index contributed by atoms with van der Waals surface area (Å²) in [7, 11) is 0. The third kappa shape index (κ3) is 4.47. The Bertz CT molecular complexity index is 935. The summed E-state index contributed by atoms with van der Waals surface area (Å²) in [5.41, 5.74) is -0.274. The molecule has 0 aliphatic carbocycles. The van der Waals surface area contributed by atoms with Crippen LogP contribution in [-0.2, 0) is 4.79 Å². The predicted molar refractivity (Wildman–Crippen MR) is 93.4 cm³/mol. The van der Waals surface area contributed by atoms with Gasteiger partial charge in [0.2, 0.25) is 0 Å². The first kappa shape index (κ1) is 18.3. The molecule has 2 rings (SSSR count). The molecular formula is C16H9Cl2N3O4. The fourth-order valence-electron chi connectivity index (χ4n) is 1.86. The Balaban J connectivity index is 2.29. The molecule has 0 saturated carbocycles. The van der Waals surface area contributed by atoms with Gasteiger partial charge < -0.3 is 10.4 Å². The van der Waals surface area contributed by atoms with Crippen LogP contribution in [0.15, 0.2) is 42.0 Å². The molecule has 0 aromatic heterocycles. The van der Waals surface area contributed by atoms with E-state index in [4.69, 9.17) is 28.5 Å². The minimum atomic E-state index is -0.769. The molecule has 0 spiro atoms. The van der Waals surface area contributed by atoms with Crippen molar-refractivity contribution in [3.8, 4) is 11.8 Å². The zero-order valence-corrected chi connectivity index (χ0v) is 13.9. The van der Waals surface area contributed by atoms with E-state index in [1.165, 1.54) is 30.3 Å². The predicted octanol–water partition coefficient (Wildman–Crippen LogP) is 4.15. The van der Waals surface area contributed by atoms with Crippen LogP contribution in [0.25, 0.3) is 6.08 Å². The van der Waals surface area contributed by atoms with Gasteiger partial charge in [0.05, 0.1) is 15.0 Å². The van der Waals surface area contributed by atoms with E-state index >= 15 is 0 Å². The van der Waals surface area contributed by atoms with Gasteiger partial charge in [-0.05, 0) is 35.9 Å². The van der Waals surface area contributed by atoms with Crippen LogP contribution < -0.4 is 5.32 Å². The number of aromatic hydroxyl groups is 1. The van der Waals surface area contributed by atoms with Gasteiger partial charge in [-0.25, -0.2) is 0 Å². The SMILES string of the molecule is N#C/C(=C/c1ccc(O)c([N+](=O)[O-])c1)C(=O)Nc1ccc(Cl)c(Cl)c1. The highest BCUT2D eigenvalue weighted by Gasteiger charge is 2.15. The highest BCUT2D eigenvalue weighted by Crippen LogP contribution is 2.28. The maximum Gasteiger partial charge on any atom is 0.311 e. The van der Waals surface area contributed by atoms with Crippen molar-refractivity contribution in [2.75, 3.05) is 5.32 Å². The topological polar surface area (TPSA) is 116 Å². The number of benzene rings is 2. The third-order valence-corrected chi connectivity index (χ3v) is 3.79. The second-order valence-corrected chi connectivity index (χ2v) is 5.57. The normalized spacial score (nSPS) is 10.8. The first-order chi connectivity index (χ1) is 11.8. The molecule has 9 heteroatoms. The number of hydrogen-bond donors (Lipinski definition) is 2. The standard InChI is InChI=1S/C16H9Cl2N3O4/c17-12-3-2-11(7-13(12)18)20-16(23)10(8-19)5-9-1-4-15(22)14(6-9)21(24)25/h1-7,22H,(H,20,23)/b10-5-. The highest BCUT2D eigenvalue weighted by molar-refractivity contribution is 6.42. The van der Waals surface area contributed by atoms with Crippen LogP contribution in [0.3, 0.4) is 0 Å². The van der Waals surface area contributed by atoms with E-state index in [2.05, 4.69) is 5.32 Å². The number of nitriles is 1. The Morgan fingerprint density at radius 3 is 2.56 bits per heavy atom. The van der Waals surface area contributed by atoms with Crippen molar-refractivity contribution < 1.29 is 14.8 Å². The minimum Gasteiger partial charge on any atom is -0.502 e. The number of nitrogens with one attached hydrogen (secondary N) is 1. The molecule has 25 heavy (non-hydrogen) atoms. The fraction of sp³-hybridized carbons (Fsp3) is 0. The van der Waals surface area contributed by atoms with Gasteiger partial charge in [0.1, 0.15) is 11.6 Å². The summed E-state index contributed by atoms with van der Waals surface area (Å²) in [6.07, 6.45) is 1.17. The molecule has 0 unspecified atom stereocenters. The highest BCUT2D eigenvalue weighted by atomic mass is 35.5. The summed E-state index contributed by atoms with van der Waals surface area (Å²) in [6.45, 7) is 0. The first-order valence-electron chi connectivity index (χ1n) is 6.67. The first-order valence-corrected chi connectivity index (χ1v) is 7.43. The molecule has 0 fully saturated rings. The van der Waals surface area contributed by atoms with Gasteiger partial charge in [-0.2, -0.15) is 5.26 Å². The fourth-order valence-corrected chi connectivity index (χ4v) is 2.16. The number of phenolic OH excluding ortho intramolecular Hbond substituents is 1. The molecule has 2 aromatic rings. The molecule has 1 amide bonds. The zero-order valence-electron chi connectivity index (χ0n) is 12.4. The molecule has 2 aromatic carbocycles. The number of nitrogens with zero attached hydrogens (tertiary/aromatic N) is 2. The summed E-state index contributed by atoms with van der Waals surface area (Å²) in [6, 6.07) is 9.63. The molecule has 0 bridgehead atoms. The molecule has 0 aliphatic rings. The number of nitro groups is 1. The molecule has 2 N–H and O–H groups in total. The van der Waals surface area contributed by atoms with Crippen molar-refractivity contribution in [1.82, 2.24) is 0 Å².